The van der Waals surface area contributed by atoms with Crippen LogP contribution in [0.25, 0.3) is 0 Å². The molecule has 0 aromatic heterocycles. The molecule has 2 fully saturated rings. The molecular formula is C17H25ClN2OS. The molecule has 2 aliphatic rings. The van der Waals surface area contributed by atoms with Crippen LogP contribution in [0.5, 0.6) is 0 Å². The zero-order valence-corrected chi connectivity index (χ0v) is 14.7. The van der Waals surface area contributed by atoms with E-state index in [-0.39, 0.29) is 23.7 Å². The maximum absolute atomic E-state index is 12.8. The number of benzene rings is 1. The number of halogens is 1. The summed E-state index contributed by atoms with van der Waals surface area (Å²) in [7, 11) is 0. The summed E-state index contributed by atoms with van der Waals surface area (Å²) in [5, 5.41) is 6.59. The second kappa shape index (κ2) is 7.71. The van der Waals surface area contributed by atoms with Crippen LogP contribution < -0.4 is 10.6 Å². The number of hydrogen-bond donors (Lipinski definition) is 2. The second-order valence-corrected chi connectivity index (χ2v) is 7.18. The molecule has 2 N–H and O–H groups in total. The van der Waals surface area contributed by atoms with Gasteiger partial charge in [-0.15, -0.1) is 12.4 Å². The van der Waals surface area contributed by atoms with E-state index in [1.165, 1.54) is 24.8 Å². The van der Waals surface area contributed by atoms with E-state index in [4.69, 9.17) is 0 Å². The van der Waals surface area contributed by atoms with Gasteiger partial charge in [0, 0.05) is 18.0 Å². The summed E-state index contributed by atoms with van der Waals surface area (Å²) in [5.41, 5.74) is 2.06. The predicted molar refractivity (Wildman–Crippen MR) is 96.8 cm³/mol. The molecule has 0 unspecified atom stereocenters. The highest BCUT2D eigenvalue weighted by molar-refractivity contribution is 7.97. The normalized spacial score (nSPS) is 26.9. The Morgan fingerprint density at radius 2 is 2.14 bits per heavy atom. The Kier molecular flexibility index (Phi) is 6.18. The molecule has 0 bridgehead atoms. The fourth-order valence-electron chi connectivity index (χ4n) is 3.80. The van der Waals surface area contributed by atoms with Crippen LogP contribution in [0.1, 0.15) is 31.2 Å². The van der Waals surface area contributed by atoms with E-state index in [9.17, 15) is 4.79 Å². The molecule has 1 aliphatic heterocycles. The summed E-state index contributed by atoms with van der Waals surface area (Å²) in [6.45, 7) is 1.84. The average molecular weight is 341 g/mol. The first-order chi connectivity index (χ1) is 10.2. The number of anilines is 1. The van der Waals surface area contributed by atoms with Crippen LogP contribution in [-0.2, 0) is 10.5 Å². The number of hydrogen-bond acceptors (Lipinski definition) is 3. The number of fused-ring (bicyclic) bond motifs is 1. The van der Waals surface area contributed by atoms with Gasteiger partial charge < -0.3 is 10.6 Å². The third kappa shape index (κ3) is 3.44. The molecule has 1 aromatic carbocycles. The lowest BCUT2D eigenvalue weighted by Crippen LogP contribution is -2.44. The van der Waals surface area contributed by atoms with E-state index in [1.54, 1.807) is 0 Å². The van der Waals surface area contributed by atoms with Gasteiger partial charge in [0.2, 0.25) is 5.91 Å². The molecule has 5 heteroatoms. The predicted octanol–water partition coefficient (Wildman–Crippen LogP) is 3.69. The van der Waals surface area contributed by atoms with Crippen molar-refractivity contribution >= 4 is 35.8 Å². The van der Waals surface area contributed by atoms with Crippen LogP contribution in [-0.4, -0.2) is 25.3 Å². The van der Waals surface area contributed by atoms with E-state index in [1.807, 2.05) is 23.9 Å². The highest BCUT2D eigenvalue weighted by atomic mass is 35.5. The highest BCUT2D eigenvalue weighted by Crippen LogP contribution is 2.44. The lowest BCUT2D eigenvalue weighted by molar-refractivity contribution is -0.128. The molecule has 1 aliphatic carbocycles. The average Bonchev–Trinajstić information content (AvgIpc) is 2.95. The van der Waals surface area contributed by atoms with Crippen molar-refractivity contribution in [2.24, 2.45) is 11.3 Å². The molecule has 22 heavy (non-hydrogen) atoms. The van der Waals surface area contributed by atoms with E-state index in [0.717, 1.165) is 31.0 Å². The summed E-state index contributed by atoms with van der Waals surface area (Å²) in [4.78, 5) is 12.8. The number of nitrogens with one attached hydrogen (secondary N) is 2. The minimum atomic E-state index is -0.170. The molecule has 122 valence electrons. The third-order valence-electron chi connectivity index (χ3n) is 5.01. The van der Waals surface area contributed by atoms with Crippen molar-refractivity contribution in [3.63, 3.8) is 0 Å². The summed E-state index contributed by atoms with van der Waals surface area (Å²) >= 11 is 1.81. The van der Waals surface area contributed by atoms with E-state index < -0.39 is 0 Å². The molecule has 3 nitrogen and oxygen atoms in total. The van der Waals surface area contributed by atoms with Crippen molar-refractivity contribution < 1.29 is 4.79 Å². The van der Waals surface area contributed by atoms with Gasteiger partial charge in [0.25, 0.3) is 0 Å². The monoisotopic (exact) mass is 340 g/mol. The molecule has 1 saturated heterocycles. The van der Waals surface area contributed by atoms with E-state index in [2.05, 4.69) is 29.0 Å². The van der Waals surface area contributed by atoms with Crippen molar-refractivity contribution in [2.75, 3.05) is 24.7 Å². The van der Waals surface area contributed by atoms with Crippen molar-refractivity contribution in [3.8, 4) is 0 Å². The van der Waals surface area contributed by atoms with Crippen LogP contribution in [0.3, 0.4) is 0 Å². The first-order valence-electron chi connectivity index (χ1n) is 7.85. The maximum atomic E-state index is 12.8. The Bertz CT molecular complexity index is 508. The zero-order chi connectivity index (χ0) is 14.7. The van der Waals surface area contributed by atoms with Crippen LogP contribution in [0.15, 0.2) is 24.3 Å². The van der Waals surface area contributed by atoms with Crippen LogP contribution in [0.2, 0.25) is 0 Å². The quantitative estimate of drug-likeness (QED) is 0.878. The van der Waals surface area contributed by atoms with Gasteiger partial charge >= 0.3 is 0 Å². The number of carbonyl (C=O) groups excluding carboxylic acids is 1. The second-order valence-electron chi connectivity index (χ2n) is 6.31. The molecule has 1 saturated carbocycles. The molecule has 1 amide bonds. The fourth-order valence-corrected chi connectivity index (χ4v) is 4.32. The Morgan fingerprint density at radius 1 is 1.36 bits per heavy atom. The molecule has 0 radical (unpaired) electrons. The number of rotatable bonds is 4. The number of carbonyl (C=O) groups is 1. The van der Waals surface area contributed by atoms with Crippen LogP contribution in [0, 0.1) is 11.3 Å². The highest BCUT2D eigenvalue weighted by Gasteiger charge is 2.49. The topological polar surface area (TPSA) is 41.1 Å². The van der Waals surface area contributed by atoms with Gasteiger partial charge in [-0.05, 0) is 49.3 Å². The fraction of sp³-hybridized carbons (Fsp3) is 0.588. The van der Waals surface area contributed by atoms with Gasteiger partial charge in [0.05, 0.1) is 5.41 Å². The minimum absolute atomic E-state index is 0. The first-order valence-corrected chi connectivity index (χ1v) is 9.24. The smallest absolute Gasteiger partial charge is 0.232 e. The molecule has 1 heterocycles. The standard InChI is InChI=1S/C17H24N2OS.ClH/c1-21-11-13-5-7-15(8-6-13)19-16(20)17-9-3-2-4-14(17)10-18-12-17;/h5-8,14,18H,2-4,9-12H2,1H3,(H,19,20);1H/t14-,17+;/m0./s1. The first kappa shape index (κ1) is 17.6. The molecule has 2 atom stereocenters. The van der Waals surface area contributed by atoms with Crippen molar-refractivity contribution in [2.45, 2.75) is 31.4 Å². The Hall–Kier alpha value is -0.710. The van der Waals surface area contributed by atoms with Crippen molar-refractivity contribution in [1.29, 1.82) is 0 Å². The van der Waals surface area contributed by atoms with Gasteiger partial charge in [-0.25, -0.2) is 0 Å². The van der Waals surface area contributed by atoms with E-state index in [0.29, 0.717) is 5.92 Å². The lowest BCUT2D eigenvalue weighted by Gasteiger charge is -2.37. The molecular weight excluding hydrogens is 316 g/mol. The van der Waals surface area contributed by atoms with Gasteiger partial charge in [-0.2, -0.15) is 11.8 Å². The molecule has 0 spiro atoms. The van der Waals surface area contributed by atoms with Crippen molar-refractivity contribution in [3.05, 3.63) is 29.8 Å². The van der Waals surface area contributed by atoms with Gasteiger partial charge in [-0.3, -0.25) is 4.79 Å². The zero-order valence-electron chi connectivity index (χ0n) is 13.1. The molecule has 3 rings (SSSR count). The van der Waals surface area contributed by atoms with E-state index >= 15 is 0 Å². The lowest BCUT2D eigenvalue weighted by atomic mass is 9.67. The summed E-state index contributed by atoms with van der Waals surface area (Å²) in [5.74, 6) is 1.75. The van der Waals surface area contributed by atoms with Crippen molar-refractivity contribution in [1.82, 2.24) is 5.32 Å². The Balaban J connectivity index is 0.00000176. The Morgan fingerprint density at radius 3 is 2.86 bits per heavy atom. The number of thioether (sulfide) groups is 1. The SMILES string of the molecule is CSCc1ccc(NC(=O)[C@@]23CCCC[C@H]2CNC3)cc1.Cl. The van der Waals surface area contributed by atoms with Gasteiger partial charge in [0.15, 0.2) is 0 Å². The third-order valence-corrected chi connectivity index (χ3v) is 5.64. The van der Waals surface area contributed by atoms with Gasteiger partial charge in [0.1, 0.15) is 0 Å². The largest absolute Gasteiger partial charge is 0.326 e. The maximum Gasteiger partial charge on any atom is 0.232 e. The van der Waals surface area contributed by atoms with Crippen LogP contribution in [0.4, 0.5) is 5.69 Å². The minimum Gasteiger partial charge on any atom is -0.326 e. The molecule has 1 aromatic rings. The summed E-state index contributed by atoms with van der Waals surface area (Å²) in [6, 6.07) is 8.27. The summed E-state index contributed by atoms with van der Waals surface area (Å²) < 4.78 is 0. The Labute approximate surface area is 143 Å². The van der Waals surface area contributed by atoms with Crippen LogP contribution >= 0.6 is 24.2 Å². The van der Waals surface area contributed by atoms with Gasteiger partial charge in [-0.1, -0.05) is 25.0 Å². The summed E-state index contributed by atoms with van der Waals surface area (Å²) in [6.07, 6.45) is 6.77. The number of amides is 1.